The second-order valence-electron chi connectivity index (χ2n) is 9.67. The Balaban J connectivity index is 2.21. The summed E-state index contributed by atoms with van der Waals surface area (Å²) in [5.74, 6) is -0.624. The highest BCUT2D eigenvalue weighted by Crippen LogP contribution is 2.29. The van der Waals surface area contributed by atoms with E-state index in [1.165, 1.54) is 28.4 Å². The van der Waals surface area contributed by atoms with E-state index in [2.05, 4.69) is 5.32 Å². The van der Waals surface area contributed by atoms with E-state index in [-0.39, 0.29) is 37.7 Å². The van der Waals surface area contributed by atoms with E-state index < -0.39 is 27.4 Å². The molecule has 1 N–H and O–H groups in total. The van der Waals surface area contributed by atoms with Crippen LogP contribution < -0.4 is 14.4 Å². The van der Waals surface area contributed by atoms with E-state index in [1.54, 1.807) is 43.3 Å². The Labute approximate surface area is 213 Å². The van der Waals surface area contributed by atoms with Crippen LogP contribution in [0.1, 0.15) is 46.1 Å². The SMILES string of the molecule is COc1ccccc1N(CCCC(=O)N(Cc1ccc(F)cc1)[C@@H](C)C(=O)NC(C)(C)C)S(C)(=O)=O. The van der Waals surface area contributed by atoms with Crippen molar-refractivity contribution in [2.45, 2.75) is 58.7 Å². The van der Waals surface area contributed by atoms with Gasteiger partial charge >= 0.3 is 0 Å². The number of carbonyl (C=O) groups excluding carboxylic acids is 2. The largest absolute Gasteiger partial charge is 0.495 e. The Morgan fingerprint density at radius 2 is 1.69 bits per heavy atom. The smallest absolute Gasteiger partial charge is 0.242 e. The van der Waals surface area contributed by atoms with Crippen LogP contribution in [0.3, 0.4) is 0 Å². The van der Waals surface area contributed by atoms with E-state index in [0.29, 0.717) is 17.0 Å². The van der Waals surface area contributed by atoms with Gasteiger partial charge in [-0.2, -0.15) is 0 Å². The van der Waals surface area contributed by atoms with Crippen molar-refractivity contribution in [3.8, 4) is 5.75 Å². The molecular weight excluding hydrogens is 485 g/mol. The molecule has 1 atom stereocenters. The maximum Gasteiger partial charge on any atom is 0.242 e. The average molecular weight is 522 g/mol. The van der Waals surface area contributed by atoms with Crippen LogP contribution in [-0.4, -0.2) is 56.6 Å². The highest BCUT2D eigenvalue weighted by Gasteiger charge is 2.29. The fraction of sp³-hybridized carbons (Fsp3) is 0.462. The van der Waals surface area contributed by atoms with Crippen molar-refractivity contribution in [1.29, 1.82) is 0 Å². The number of hydrogen-bond donors (Lipinski definition) is 1. The fourth-order valence-electron chi connectivity index (χ4n) is 3.66. The molecule has 2 aromatic carbocycles. The molecule has 0 spiro atoms. The van der Waals surface area contributed by atoms with Gasteiger partial charge in [0.25, 0.3) is 0 Å². The summed E-state index contributed by atoms with van der Waals surface area (Å²) >= 11 is 0. The van der Waals surface area contributed by atoms with Gasteiger partial charge in [0.1, 0.15) is 17.6 Å². The van der Waals surface area contributed by atoms with Crippen LogP contribution >= 0.6 is 0 Å². The number of nitrogens with one attached hydrogen (secondary N) is 1. The first-order chi connectivity index (χ1) is 16.7. The van der Waals surface area contributed by atoms with Crippen molar-refractivity contribution in [1.82, 2.24) is 10.2 Å². The molecule has 2 amide bonds. The van der Waals surface area contributed by atoms with Crippen molar-refractivity contribution in [2.75, 3.05) is 24.2 Å². The van der Waals surface area contributed by atoms with Gasteiger partial charge in [-0.05, 0) is 63.9 Å². The Kier molecular flexibility index (Phi) is 9.86. The maximum atomic E-state index is 13.4. The molecule has 0 saturated heterocycles. The molecule has 198 valence electrons. The Hall–Kier alpha value is -3.14. The van der Waals surface area contributed by atoms with Crippen molar-refractivity contribution >= 4 is 27.5 Å². The number of carbonyl (C=O) groups is 2. The lowest BCUT2D eigenvalue weighted by molar-refractivity contribution is -0.141. The number of hydrogen-bond acceptors (Lipinski definition) is 5. The van der Waals surface area contributed by atoms with Crippen molar-refractivity contribution in [3.05, 3.63) is 59.9 Å². The minimum absolute atomic E-state index is 0.00943. The van der Waals surface area contributed by atoms with E-state index in [9.17, 15) is 22.4 Å². The topological polar surface area (TPSA) is 96.0 Å². The number of ether oxygens (including phenoxy) is 1. The predicted molar refractivity (Wildman–Crippen MR) is 139 cm³/mol. The summed E-state index contributed by atoms with van der Waals surface area (Å²) in [6.07, 6.45) is 1.33. The molecule has 0 unspecified atom stereocenters. The zero-order valence-corrected chi connectivity index (χ0v) is 22.6. The van der Waals surface area contributed by atoms with Crippen LogP contribution in [0.4, 0.5) is 10.1 Å². The second kappa shape index (κ2) is 12.2. The monoisotopic (exact) mass is 521 g/mol. The zero-order chi connectivity index (χ0) is 27.1. The van der Waals surface area contributed by atoms with Crippen LogP contribution in [0.25, 0.3) is 0 Å². The van der Waals surface area contributed by atoms with Gasteiger partial charge < -0.3 is 15.0 Å². The van der Waals surface area contributed by atoms with E-state index in [0.717, 1.165) is 6.26 Å². The van der Waals surface area contributed by atoms with Gasteiger partial charge in [-0.1, -0.05) is 24.3 Å². The maximum absolute atomic E-state index is 13.4. The Morgan fingerprint density at radius 3 is 2.25 bits per heavy atom. The molecular formula is C26H36FN3O5S. The minimum Gasteiger partial charge on any atom is -0.495 e. The first-order valence-corrected chi connectivity index (χ1v) is 13.5. The van der Waals surface area contributed by atoms with Gasteiger partial charge in [-0.25, -0.2) is 12.8 Å². The zero-order valence-electron chi connectivity index (χ0n) is 21.7. The Bertz CT molecular complexity index is 1150. The lowest BCUT2D eigenvalue weighted by Crippen LogP contribution is -2.52. The molecule has 8 nitrogen and oxygen atoms in total. The molecule has 0 radical (unpaired) electrons. The van der Waals surface area contributed by atoms with Crippen LogP contribution in [0.15, 0.2) is 48.5 Å². The summed E-state index contributed by atoms with van der Waals surface area (Å²) < 4.78 is 44.9. The first-order valence-electron chi connectivity index (χ1n) is 11.7. The van der Waals surface area contributed by atoms with Crippen molar-refractivity contribution in [2.24, 2.45) is 0 Å². The summed E-state index contributed by atoms with van der Waals surface area (Å²) in [6.45, 7) is 7.35. The third-order valence-corrected chi connectivity index (χ3v) is 6.62. The molecule has 2 aromatic rings. The number of benzene rings is 2. The number of sulfonamides is 1. The molecule has 2 rings (SSSR count). The molecule has 0 aliphatic carbocycles. The summed E-state index contributed by atoms with van der Waals surface area (Å²) in [5.41, 5.74) is 0.573. The first kappa shape index (κ1) is 29.1. The minimum atomic E-state index is -3.64. The van der Waals surface area contributed by atoms with E-state index in [1.807, 2.05) is 20.8 Å². The number of para-hydroxylation sites is 2. The van der Waals surface area contributed by atoms with Gasteiger partial charge in [-0.15, -0.1) is 0 Å². The number of nitrogens with zero attached hydrogens (tertiary/aromatic N) is 2. The number of methoxy groups -OCH3 is 1. The summed E-state index contributed by atoms with van der Waals surface area (Å²) in [6, 6.07) is 11.7. The van der Waals surface area contributed by atoms with Gasteiger partial charge in [-0.3, -0.25) is 13.9 Å². The van der Waals surface area contributed by atoms with Gasteiger partial charge in [0.05, 0.1) is 19.1 Å². The van der Waals surface area contributed by atoms with Crippen LogP contribution in [0, 0.1) is 5.82 Å². The second-order valence-corrected chi connectivity index (χ2v) is 11.6. The van der Waals surface area contributed by atoms with Crippen LogP contribution in [-0.2, 0) is 26.2 Å². The Morgan fingerprint density at radius 1 is 1.08 bits per heavy atom. The van der Waals surface area contributed by atoms with Crippen LogP contribution in [0.2, 0.25) is 0 Å². The molecule has 36 heavy (non-hydrogen) atoms. The third kappa shape index (κ3) is 8.51. The lowest BCUT2D eigenvalue weighted by Gasteiger charge is -2.32. The summed E-state index contributed by atoms with van der Waals surface area (Å²) in [7, 11) is -2.18. The summed E-state index contributed by atoms with van der Waals surface area (Å²) in [5, 5.41) is 2.88. The number of amides is 2. The predicted octanol–water partition coefficient (Wildman–Crippen LogP) is 3.71. The average Bonchev–Trinajstić information content (AvgIpc) is 2.79. The normalized spacial score (nSPS) is 12.5. The third-order valence-electron chi connectivity index (χ3n) is 5.44. The number of anilines is 1. The van der Waals surface area contributed by atoms with Gasteiger partial charge in [0.2, 0.25) is 21.8 Å². The summed E-state index contributed by atoms with van der Waals surface area (Å²) in [4.78, 5) is 27.6. The quantitative estimate of drug-likeness (QED) is 0.486. The molecule has 0 aromatic heterocycles. The molecule has 0 saturated carbocycles. The lowest BCUT2D eigenvalue weighted by atomic mass is 10.1. The van der Waals surface area contributed by atoms with Crippen molar-refractivity contribution < 1.29 is 27.1 Å². The van der Waals surface area contributed by atoms with Gasteiger partial charge in [0, 0.05) is 25.0 Å². The van der Waals surface area contributed by atoms with E-state index >= 15 is 0 Å². The molecule has 10 heteroatoms. The van der Waals surface area contributed by atoms with Crippen LogP contribution in [0.5, 0.6) is 5.75 Å². The standard InChI is InChI=1S/C26H36FN3O5S/c1-19(25(32)28-26(2,3)4)29(18-20-13-15-21(27)16-14-20)24(31)12-9-17-30(36(6,33)34)22-10-7-8-11-23(22)35-5/h7-8,10-11,13-16,19H,9,12,17-18H2,1-6H3,(H,28,32)/t19-/m0/s1. The number of rotatable bonds is 11. The highest BCUT2D eigenvalue weighted by atomic mass is 32.2. The highest BCUT2D eigenvalue weighted by molar-refractivity contribution is 7.92. The molecule has 0 aliphatic rings. The molecule has 0 heterocycles. The molecule has 0 aliphatic heterocycles. The number of halogens is 1. The molecule has 0 bridgehead atoms. The van der Waals surface area contributed by atoms with Gasteiger partial charge in [0.15, 0.2) is 0 Å². The molecule has 0 fully saturated rings. The van der Waals surface area contributed by atoms with E-state index in [4.69, 9.17) is 4.74 Å². The van der Waals surface area contributed by atoms with Crippen molar-refractivity contribution in [3.63, 3.8) is 0 Å². The fourth-order valence-corrected chi connectivity index (χ4v) is 4.63.